The Bertz CT molecular complexity index is 760. The maximum absolute atomic E-state index is 12.0. The predicted octanol–water partition coefficient (Wildman–Crippen LogP) is 0.938. The van der Waals surface area contributed by atoms with Crippen LogP contribution in [-0.2, 0) is 16.0 Å². The molecule has 0 saturated carbocycles. The fourth-order valence-corrected chi connectivity index (χ4v) is 2.40. The van der Waals surface area contributed by atoms with E-state index in [1.807, 2.05) is 31.2 Å². The summed E-state index contributed by atoms with van der Waals surface area (Å²) in [7, 11) is 0. The van der Waals surface area contributed by atoms with Crippen LogP contribution in [0.3, 0.4) is 0 Å². The van der Waals surface area contributed by atoms with E-state index in [4.69, 9.17) is 5.73 Å². The zero-order valence-electron chi connectivity index (χ0n) is 14.0. The van der Waals surface area contributed by atoms with Crippen LogP contribution in [0.2, 0.25) is 0 Å². The van der Waals surface area contributed by atoms with Gasteiger partial charge in [-0.3, -0.25) is 14.4 Å². The van der Waals surface area contributed by atoms with Gasteiger partial charge < -0.3 is 16.4 Å². The number of hydrogen-bond acceptors (Lipinski definition) is 3. The first-order valence-electron chi connectivity index (χ1n) is 7.93. The molecule has 2 rings (SSSR count). The highest BCUT2D eigenvalue weighted by molar-refractivity contribution is 5.97. The summed E-state index contributed by atoms with van der Waals surface area (Å²) >= 11 is 0. The summed E-state index contributed by atoms with van der Waals surface area (Å²) in [5.74, 6) is -1.45. The molecule has 0 radical (unpaired) electrons. The molecular formula is C19H21N3O3. The molecule has 0 bridgehead atoms. The number of primary amides is 1. The van der Waals surface area contributed by atoms with Gasteiger partial charge in [0, 0.05) is 12.0 Å². The number of carbonyl (C=O) groups excluding carboxylic acids is 3. The van der Waals surface area contributed by atoms with Crippen LogP contribution in [0.15, 0.2) is 54.6 Å². The van der Waals surface area contributed by atoms with Crippen LogP contribution in [0, 0.1) is 6.92 Å². The zero-order valence-corrected chi connectivity index (χ0v) is 14.0. The number of rotatable bonds is 7. The van der Waals surface area contributed by atoms with Crippen molar-refractivity contribution in [3.05, 3.63) is 71.3 Å². The van der Waals surface area contributed by atoms with Crippen LogP contribution in [-0.4, -0.2) is 30.3 Å². The highest BCUT2D eigenvalue weighted by Gasteiger charge is 2.19. The Morgan fingerprint density at radius 3 is 2.40 bits per heavy atom. The van der Waals surface area contributed by atoms with Gasteiger partial charge in [0.05, 0.1) is 6.54 Å². The Morgan fingerprint density at radius 1 is 1.04 bits per heavy atom. The monoisotopic (exact) mass is 339 g/mol. The lowest BCUT2D eigenvalue weighted by atomic mass is 10.0. The summed E-state index contributed by atoms with van der Waals surface area (Å²) in [5.41, 5.74) is 7.79. The third-order valence-electron chi connectivity index (χ3n) is 3.65. The predicted molar refractivity (Wildman–Crippen MR) is 94.8 cm³/mol. The lowest BCUT2D eigenvalue weighted by Crippen LogP contribution is -2.49. The van der Waals surface area contributed by atoms with E-state index < -0.39 is 17.9 Å². The molecule has 130 valence electrons. The van der Waals surface area contributed by atoms with Gasteiger partial charge in [0.2, 0.25) is 11.8 Å². The van der Waals surface area contributed by atoms with Gasteiger partial charge in [-0.05, 0) is 24.6 Å². The van der Waals surface area contributed by atoms with Crippen molar-refractivity contribution >= 4 is 17.7 Å². The average Bonchev–Trinajstić information content (AvgIpc) is 2.60. The number of benzene rings is 2. The van der Waals surface area contributed by atoms with Crippen molar-refractivity contribution in [2.45, 2.75) is 19.4 Å². The van der Waals surface area contributed by atoms with E-state index in [2.05, 4.69) is 10.6 Å². The molecule has 0 fully saturated rings. The number of hydrogen-bond donors (Lipinski definition) is 3. The molecule has 2 aromatic carbocycles. The van der Waals surface area contributed by atoms with Crippen molar-refractivity contribution in [2.75, 3.05) is 6.54 Å². The molecule has 0 aliphatic carbocycles. The third kappa shape index (κ3) is 5.76. The number of nitrogens with one attached hydrogen (secondary N) is 2. The molecule has 4 N–H and O–H groups in total. The molecule has 6 nitrogen and oxygen atoms in total. The fourth-order valence-electron chi connectivity index (χ4n) is 2.40. The molecule has 6 heteroatoms. The molecule has 0 heterocycles. The molecule has 2 aromatic rings. The topological polar surface area (TPSA) is 101 Å². The van der Waals surface area contributed by atoms with Gasteiger partial charge in [-0.15, -0.1) is 0 Å². The Kier molecular flexibility index (Phi) is 6.28. The quantitative estimate of drug-likeness (QED) is 0.699. The van der Waals surface area contributed by atoms with Crippen molar-refractivity contribution < 1.29 is 14.4 Å². The van der Waals surface area contributed by atoms with Crippen molar-refractivity contribution in [2.24, 2.45) is 5.73 Å². The third-order valence-corrected chi connectivity index (χ3v) is 3.65. The lowest BCUT2D eigenvalue weighted by molar-refractivity contribution is -0.126. The molecule has 25 heavy (non-hydrogen) atoms. The first-order valence-corrected chi connectivity index (χ1v) is 7.93. The van der Waals surface area contributed by atoms with Crippen LogP contribution in [0.25, 0.3) is 0 Å². The Labute approximate surface area is 146 Å². The SMILES string of the molecule is Cc1cccc(C[C@@H](NC(=O)CNC(=O)c2ccccc2)C(N)=O)c1. The average molecular weight is 339 g/mol. The van der Waals surface area contributed by atoms with Crippen molar-refractivity contribution in [3.8, 4) is 0 Å². The van der Waals surface area contributed by atoms with E-state index in [9.17, 15) is 14.4 Å². The summed E-state index contributed by atoms with van der Waals surface area (Å²) in [6.07, 6.45) is 0.301. The summed E-state index contributed by atoms with van der Waals surface area (Å²) in [6.45, 7) is 1.71. The summed E-state index contributed by atoms with van der Waals surface area (Å²) in [6, 6.07) is 15.4. The van der Waals surface area contributed by atoms with E-state index in [0.717, 1.165) is 11.1 Å². The largest absolute Gasteiger partial charge is 0.368 e. The van der Waals surface area contributed by atoms with E-state index in [1.165, 1.54) is 0 Å². The zero-order chi connectivity index (χ0) is 18.2. The second kappa shape index (κ2) is 8.63. The number of aryl methyl sites for hydroxylation is 1. The molecule has 0 saturated heterocycles. The number of nitrogens with two attached hydrogens (primary N) is 1. The fraction of sp³-hybridized carbons (Fsp3) is 0.211. The second-order valence-electron chi connectivity index (χ2n) is 5.76. The van der Waals surface area contributed by atoms with Crippen LogP contribution < -0.4 is 16.4 Å². The van der Waals surface area contributed by atoms with E-state index in [0.29, 0.717) is 12.0 Å². The number of amides is 3. The first kappa shape index (κ1) is 18.2. The second-order valence-corrected chi connectivity index (χ2v) is 5.76. The maximum atomic E-state index is 12.0. The Morgan fingerprint density at radius 2 is 1.76 bits per heavy atom. The molecule has 0 unspecified atom stereocenters. The molecule has 0 aromatic heterocycles. The van der Waals surface area contributed by atoms with E-state index >= 15 is 0 Å². The van der Waals surface area contributed by atoms with Gasteiger partial charge in [0.15, 0.2) is 0 Å². The molecule has 3 amide bonds. The van der Waals surface area contributed by atoms with Gasteiger partial charge in [-0.1, -0.05) is 48.0 Å². The van der Waals surface area contributed by atoms with E-state index in [-0.39, 0.29) is 12.5 Å². The van der Waals surface area contributed by atoms with Gasteiger partial charge in [0.25, 0.3) is 5.91 Å². The summed E-state index contributed by atoms with van der Waals surface area (Å²) in [5, 5.41) is 5.08. The van der Waals surface area contributed by atoms with Crippen LogP contribution >= 0.6 is 0 Å². The Hall–Kier alpha value is -3.15. The van der Waals surface area contributed by atoms with Gasteiger partial charge in [0.1, 0.15) is 6.04 Å². The molecule has 0 aliphatic heterocycles. The highest BCUT2D eigenvalue weighted by Crippen LogP contribution is 2.07. The van der Waals surface area contributed by atoms with Gasteiger partial charge in [-0.25, -0.2) is 0 Å². The smallest absolute Gasteiger partial charge is 0.251 e. The van der Waals surface area contributed by atoms with E-state index in [1.54, 1.807) is 30.3 Å². The molecule has 0 aliphatic rings. The summed E-state index contributed by atoms with van der Waals surface area (Å²) < 4.78 is 0. The lowest BCUT2D eigenvalue weighted by Gasteiger charge is -2.16. The minimum Gasteiger partial charge on any atom is -0.368 e. The van der Waals surface area contributed by atoms with Crippen LogP contribution in [0.4, 0.5) is 0 Å². The summed E-state index contributed by atoms with van der Waals surface area (Å²) in [4.78, 5) is 35.5. The molecular weight excluding hydrogens is 318 g/mol. The van der Waals surface area contributed by atoms with Crippen LogP contribution in [0.5, 0.6) is 0 Å². The van der Waals surface area contributed by atoms with Crippen LogP contribution in [0.1, 0.15) is 21.5 Å². The van der Waals surface area contributed by atoms with Gasteiger partial charge >= 0.3 is 0 Å². The minimum absolute atomic E-state index is 0.231. The highest BCUT2D eigenvalue weighted by atomic mass is 16.2. The number of carbonyl (C=O) groups is 3. The normalized spacial score (nSPS) is 11.4. The Balaban J connectivity index is 1.89. The standard InChI is InChI=1S/C19H21N3O3/c1-13-6-5-7-14(10-13)11-16(18(20)24)22-17(23)12-21-19(25)15-8-3-2-4-9-15/h2-10,16H,11-12H2,1H3,(H2,20,24)(H,21,25)(H,22,23)/t16-/m1/s1. The first-order chi connectivity index (χ1) is 12.0. The maximum Gasteiger partial charge on any atom is 0.251 e. The van der Waals surface area contributed by atoms with Gasteiger partial charge in [-0.2, -0.15) is 0 Å². The molecule has 1 atom stereocenters. The van der Waals surface area contributed by atoms with Crippen molar-refractivity contribution in [1.29, 1.82) is 0 Å². The minimum atomic E-state index is -0.831. The molecule has 0 spiro atoms. The van der Waals surface area contributed by atoms with Crippen molar-refractivity contribution in [1.82, 2.24) is 10.6 Å². The van der Waals surface area contributed by atoms with Crippen molar-refractivity contribution in [3.63, 3.8) is 0 Å².